The normalized spacial score (nSPS) is 29.5. The Balaban J connectivity index is 1.54. The van der Waals surface area contributed by atoms with Crippen LogP contribution in [0.4, 0.5) is 0 Å². The van der Waals surface area contributed by atoms with Crippen LogP contribution in [-0.4, -0.2) is 23.7 Å². The number of carboxylic acid groups (broad SMARTS) is 1. The molecule has 3 unspecified atom stereocenters. The average Bonchev–Trinajstić information content (AvgIpc) is 3.06. The van der Waals surface area contributed by atoms with Gasteiger partial charge in [-0.2, -0.15) is 0 Å². The zero-order valence-electron chi connectivity index (χ0n) is 11.8. The van der Waals surface area contributed by atoms with Crippen molar-refractivity contribution < 1.29 is 9.90 Å². The van der Waals surface area contributed by atoms with Crippen LogP contribution in [0.3, 0.4) is 0 Å². The summed E-state index contributed by atoms with van der Waals surface area (Å²) >= 11 is 0. The summed E-state index contributed by atoms with van der Waals surface area (Å²) in [4.78, 5) is 11.4. The second kappa shape index (κ2) is 5.96. The van der Waals surface area contributed by atoms with Crippen LogP contribution in [0.5, 0.6) is 0 Å². The molecule has 2 aliphatic carbocycles. The third kappa shape index (κ3) is 3.04. The molecular formula is C17H23NO2. The third-order valence-electron chi connectivity index (χ3n) is 5.09. The van der Waals surface area contributed by atoms with Crippen molar-refractivity contribution in [2.45, 2.75) is 38.1 Å². The van der Waals surface area contributed by atoms with E-state index in [4.69, 9.17) is 0 Å². The van der Waals surface area contributed by atoms with Gasteiger partial charge >= 0.3 is 5.97 Å². The predicted molar refractivity (Wildman–Crippen MR) is 78.5 cm³/mol. The Labute approximate surface area is 120 Å². The third-order valence-corrected chi connectivity index (χ3v) is 5.09. The molecule has 0 amide bonds. The first kappa shape index (κ1) is 13.6. The maximum absolute atomic E-state index is 11.4. The van der Waals surface area contributed by atoms with Gasteiger partial charge in [0, 0.05) is 0 Å². The lowest BCUT2D eigenvalue weighted by Gasteiger charge is -2.24. The molecule has 2 bridgehead atoms. The summed E-state index contributed by atoms with van der Waals surface area (Å²) < 4.78 is 0. The van der Waals surface area contributed by atoms with E-state index in [0.717, 1.165) is 23.9 Å². The quantitative estimate of drug-likeness (QED) is 0.838. The molecule has 1 aromatic rings. The largest absolute Gasteiger partial charge is 0.480 e. The summed E-state index contributed by atoms with van der Waals surface area (Å²) in [6.07, 6.45) is 6.00. The molecule has 2 N–H and O–H groups in total. The molecule has 2 aliphatic rings. The summed E-state index contributed by atoms with van der Waals surface area (Å²) in [6.45, 7) is 0.866. The van der Waals surface area contributed by atoms with Crippen LogP contribution in [0, 0.1) is 17.8 Å². The summed E-state index contributed by atoms with van der Waals surface area (Å²) in [5, 5.41) is 12.7. The molecule has 0 heterocycles. The Morgan fingerprint density at radius 3 is 2.65 bits per heavy atom. The lowest BCUT2D eigenvalue weighted by Crippen LogP contribution is -2.41. The van der Waals surface area contributed by atoms with Crippen LogP contribution in [0.1, 0.15) is 31.2 Å². The number of hydrogen-bond donors (Lipinski definition) is 2. The molecule has 3 rings (SSSR count). The summed E-state index contributed by atoms with van der Waals surface area (Å²) in [7, 11) is 0. The number of fused-ring (bicyclic) bond motifs is 2. The molecule has 4 atom stereocenters. The first-order valence-electron chi connectivity index (χ1n) is 7.72. The van der Waals surface area contributed by atoms with E-state index in [9.17, 15) is 9.90 Å². The van der Waals surface area contributed by atoms with Crippen molar-refractivity contribution in [1.29, 1.82) is 0 Å². The van der Waals surface area contributed by atoms with E-state index >= 15 is 0 Å². The number of benzene rings is 1. The van der Waals surface area contributed by atoms with E-state index in [1.807, 2.05) is 30.3 Å². The van der Waals surface area contributed by atoms with Crippen molar-refractivity contribution in [3.05, 3.63) is 35.9 Å². The van der Waals surface area contributed by atoms with Gasteiger partial charge in [0.2, 0.25) is 0 Å². The zero-order valence-corrected chi connectivity index (χ0v) is 11.8. The molecule has 0 aromatic heterocycles. The van der Waals surface area contributed by atoms with Gasteiger partial charge in [0.1, 0.15) is 6.04 Å². The lowest BCUT2D eigenvalue weighted by molar-refractivity contribution is -0.139. The molecule has 0 radical (unpaired) electrons. The van der Waals surface area contributed by atoms with Crippen LogP contribution < -0.4 is 5.32 Å². The van der Waals surface area contributed by atoms with Crippen molar-refractivity contribution >= 4 is 5.97 Å². The fraction of sp³-hybridized carbons (Fsp3) is 0.588. The van der Waals surface area contributed by atoms with Gasteiger partial charge in [-0.25, -0.2) is 0 Å². The smallest absolute Gasteiger partial charge is 0.321 e. The van der Waals surface area contributed by atoms with Gasteiger partial charge in [0.15, 0.2) is 0 Å². The number of aliphatic carboxylic acids is 1. The number of carbonyl (C=O) groups is 1. The molecule has 1 aromatic carbocycles. The minimum absolute atomic E-state index is 0.462. The maximum Gasteiger partial charge on any atom is 0.321 e. The van der Waals surface area contributed by atoms with Crippen LogP contribution in [0.2, 0.25) is 0 Å². The van der Waals surface area contributed by atoms with E-state index < -0.39 is 12.0 Å². The highest BCUT2D eigenvalue weighted by Gasteiger charge is 2.39. The van der Waals surface area contributed by atoms with E-state index in [1.54, 1.807) is 0 Å². The Kier molecular flexibility index (Phi) is 4.06. The van der Waals surface area contributed by atoms with Gasteiger partial charge in [-0.3, -0.25) is 4.79 Å². The highest BCUT2D eigenvalue weighted by molar-refractivity contribution is 5.73. The fourth-order valence-corrected chi connectivity index (χ4v) is 4.02. The topological polar surface area (TPSA) is 49.3 Å². The molecular weight excluding hydrogens is 250 g/mol. The molecule has 3 nitrogen and oxygen atoms in total. The average molecular weight is 273 g/mol. The molecule has 2 fully saturated rings. The lowest BCUT2D eigenvalue weighted by atomic mass is 9.88. The van der Waals surface area contributed by atoms with Crippen LogP contribution in [0.15, 0.2) is 30.3 Å². The maximum atomic E-state index is 11.4. The van der Waals surface area contributed by atoms with E-state index in [1.165, 1.54) is 25.7 Å². The summed E-state index contributed by atoms with van der Waals surface area (Å²) in [5.74, 6) is 1.73. The highest BCUT2D eigenvalue weighted by Crippen LogP contribution is 2.47. The van der Waals surface area contributed by atoms with Crippen molar-refractivity contribution in [1.82, 2.24) is 5.32 Å². The highest BCUT2D eigenvalue weighted by atomic mass is 16.4. The van der Waals surface area contributed by atoms with Gasteiger partial charge in [0.25, 0.3) is 0 Å². The van der Waals surface area contributed by atoms with Crippen molar-refractivity contribution in [3.63, 3.8) is 0 Å². The molecule has 0 aliphatic heterocycles. The predicted octanol–water partition coefficient (Wildman–Crippen LogP) is 2.71. The van der Waals surface area contributed by atoms with E-state index in [-0.39, 0.29) is 0 Å². The molecule has 108 valence electrons. The Morgan fingerprint density at radius 2 is 2.05 bits per heavy atom. The second-order valence-electron chi connectivity index (χ2n) is 6.42. The van der Waals surface area contributed by atoms with Gasteiger partial charge in [-0.1, -0.05) is 36.8 Å². The van der Waals surface area contributed by atoms with Gasteiger partial charge in [-0.05, 0) is 55.5 Å². The fourth-order valence-electron chi connectivity index (χ4n) is 4.02. The van der Waals surface area contributed by atoms with Gasteiger partial charge in [-0.15, -0.1) is 0 Å². The summed E-state index contributed by atoms with van der Waals surface area (Å²) in [6, 6.07) is 9.41. The first-order valence-corrected chi connectivity index (χ1v) is 7.72. The number of carboxylic acids is 1. The standard InChI is InChI=1S/C17H23NO2/c19-17(20)16(10-12-4-2-1-3-5-12)18-11-15-9-13-6-7-14(15)8-13/h1-5,13-16,18H,6-11H2,(H,19,20)/t13?,14?,15?,16-/m1/s1. The van der Waals surface area contributed by atoms with Crippen molar-refractivity contribution in [2.75, 3.05) is 6.54 Å². The zero-order chi connectivity index (χ0) is 13.9. The number of hydrogen-bond acceptors (Lipinski definition) is 2. The Bertz CT molecular complexity index is 459. The molecule has 2 saturated carbocycles. The van der Waals surface area contributed by atoms with Gasteiger partial charge in [0.05, 0.1) is 0 Å². The van der Waals surface area contributed by atoms with Crippen LogP contribution in [0.25, 0.3) is 0 Å². The van der Waals surface area contributed by atoms with Crippen molar-refractivity contribution in [3.8, 4) is 0 Å². The van der Waals surface area contributed by atoms with Crippen molar-refractivity contribution in [2.24, 2.45) is 17.8 Å². The van der Waals surface area contributed by atoms with Gasteiger partial charge < -0.3 is 10.4 Å². The van der Waals surface area contributed by atoms with E-state index in [2.05, 4.69) is 5.32 Å². The Morgan fingerprint density at radius 1 is 1.25 bits per heavy atom. The SMILES string of the molecule is O=C(O)[C@@H](Cc1ccccc1)NCC1CC2CCC1C2. The molecule has 20 heavy (non-hydrogen) atoms. The number of nitrogens with one attached hydrogen (secondary N) is 1. The number of rotatable bonds is 6. The molecule has 0 spiro atoms. The second-order valence-corrected chi connectivity index (χ2v) is 6.42. The first-order chi connectivity index (χ1) is 9.72. The molecule has 3 heteroatoms. The van der Waals surface area contributed by atoms with Crippen LogP contribution >= 0.6 is 0 Å². The Hall–Kier alpha value is -1.35. The summed E-state index contributed by atoms with van der Waals surface area (Å²) in [5.41, 5.74) is 1.08. The molecule has 0 saturated heterocycles. The van der Waals surface area contributed by atoms with E-state index in [0.29, 0.717) is 12.3 Å². The van der Waals surface area contributed by atoms with Crippen LogP contribution in [-0.2, 0) is 11.2 Å². The monoisotopic (exact) mass is 273 g/mol. The minimum Gasteiger partial charge on any atom is -0.480 e. The minimum atomic E-state index is -0.739.